The second-order valence-electron chi connectivity index (χ2n) is 6.46. The van der Waals surface area contributed by atoms with Crippen molar-refractivity contribution in [3.8, 4) is 0 Å². The van der Waals surface area contributed by atoms with Crippen molar-refractivity contribution < 1.29 is 4.92 Å². The summed E-state index contributed by atoms with van der Waals surface area (Å²) in [4.78, 5) is 13.3. The van der Waals surface area contributed by atoms with Gasteiger partial charge in [0.25, 0.3) is 5.69 Å². The number of fused-ring (bicyclic) bond motifs is 1. The van der Waals surface area contributed by atoms with Crippen molar-refractivity contribution in [3.63, 3.8) is 0 Å². The minimum atomic E-state index is -0.277. The first-order chi connectivity index (χ1) is 10.1. The molecule has 0 bridgehead atoms. The van der Waals surface area contributed by atoms with Crippen molar-refractivity contribution >= 4 is 18.1 Å². The van der Waals surface area contributed by atoms with Crippen LogP contribution in [0.1, 0.15) is 37.8 Å². The van der Waals surface area contributed by atoms with E-state index in [2.05, 4.69) is 11.8 Å². The molecule has 1 saturated carbocycles. The van der Waals surface area contributed by atoms with Crippen LogP contribution in [0.4, 0.5) is 5.69 Å². The summed E-state index contributed by atoms with van der Waals surface area (Å²) in [6.07, 6.45) is 3.59. The molecule has 0 aromatic heterocycles. The van der Waals surface area contributed by atoms with Crippen molar-refractivity contribution in [2.24, 2.45) is 17.6 Å². The fraction of sp³-hybridized carbons (Fsp3) is 0.625. The number of hydrogen-bond acceptors (Lipinski definition) is 4. The van der Waals surface area contributed by atoms with Gasteiger partial charge < -0.3 is 5.73 Å². The molecule has 1 aromatic rings. The Hall–Kier alpha value is -1.17. The molecule has 5 nitrogen and oxygen atoms in total. The average molecular weight is 326 g/mol. The van der Waals surface area contributed by atoms with Gasteiger partial charge in [0.1, 0.15) is 0 Å². The van der Waals surface area contributed by atoms with Crippen LogP contribution in [-0.2, 0) is 0 Å². The first-order valence-corrected chi connectivity index (χ1v) is 7.81. The van der Waals surface area contributed by atoms with Crippen LogP contribution in [0.25, 0.3) is 0 Å². The van der Waals surface area contributed by atoms with Crippen LogP contribution in [0.2, 0.25) is 0 Å². The summed E-state index contributed by atoms with van der Waals surface area (Å²) < 4.78 is 0. The van der Waals surface area contributed by atoms with Gasteiger partial charge in [-0.05, 0) is 31.6 Å². The van der Waals surface area contributed by atoms with E-state index in [0.717, 1.165) is 25.1 Å². The zero-order valence-electron chi connectivity index (χ0n) is 12.9. The highest BCUT2D eigenvalue weighted by molar-refractivity contribution is 5.85. The second-order valence-corrected chi connectivity index (χ2v) is 6.46. The van der Waals surface area contributed by atoms with Gasteiger partial charge in [0, 0.05) is 36.8 Å². The van der Waals surface area contributed by atoms with E-state index in [0.29, 0.717) is 17.9 Å². The minimum absolute atomic E-state index is 0. The van der Waals surface area contributed by atoms with Crippen LogP contribution in [0, 0.1) is 22.0 Å². The largest absolute Gasteiger partial charge is 0.327 e. The monoisotopic (exact) mass is 325 g/mol. The Balaban J connectivity index is 0.00000176. The normalized spacial score (nSPS) is 29.5. The van der Waals surface area contributed by atoms with E-state index in [1.54, 1.807) is 12.1 Å². The summed E-state index contributed by atoms with van der Waals surface area (Å²) in [5, 5.41) is 11.2. The maximum Gasteiger partial charge on any atom is 0.274 e. The fourth-order valence-corrected chi connectivity index (χ4v) is 4.07. The topological polar surface area (TPSA) is 72.4 Å². The lowest BCUT2D eigenvalue weighted by Crippen LogP contribution is -2.38. The van der Waals surface area contributed by atoms with Crippen molar-refractivity contribution in [2.75, 3.05) is 13.1 Å². The van der Waals surface area contributed by atoms with Gasteiger partial charge in [0.15, 0.2) is 0 Å². The van der Waals surface area contributed by atoms with E-state index in [1.807, 2.05) is 12.1 Å². The number of para-hydroxylation sites is 1. The van der Waals surface area contributed by atoms with Gasteiger partial charge in [-0.15, -0.1) is 12.4 Å². The number of hydrogen-bond donors (Lipinski definition) is 1. The van der Waals surface area contributed by atoms with E-state index >= 15 is 0 Å². The Kier molecular flexibility index (Phi) is 5.42. The highest BCUT2D eigenvalue weighted by Crippen LogP contribution is 2.40. The zero-order chi connectivity index (χ0) is 15.0. The van der Waals surface area contributed by atoms with Gasteiger partial charge in [0.05, 0.1) is 4.92 Å². The van der Waals surface area contributed by atoms with Crippen LogP contribution in [-0.4, -0.2) is 29.0 Å². The van der Waals surface area contributed by atoms with E-state index in [4.69, 9.17) is 5.73 Å². The zero-order valence-corrected chi connectivity index (χ0v) is 13.7. The third kappa shape index (κ3) is 3.12. The molecule has 1 aromatic carbocycles. The first-order valence-electron chi connectivity index (χ1n) is 7.81. The number of benzene rings is 1. The van der Waals surface area contributed by atoms with E-state index in [1.165, 1.54) is 12.8 Å². The Bertz CT molecular complexity index is 540. The van der Waals surface area contributed by atoms with E-state index in [9.17, 15) is 10.1 Å². The molecule has 2 fully saturated rings. The predicted molar refractivity (Wildman–Crippen MR) is 89.1 cm³/mol. The third-order valence-corrected chi connectivity index (χ3v) is 5.31. The number of nitrogens with zero attached hydrogens (tertiary/aromatic N) is 2. The van der Waals surface area contributed by atoms with Crippen LogP contribution >= 0.6 is 12.4 Å². The second kappa shape index (κ2) is 6.94. The van der Waals surface area contributed by atoms with Gasteiger partial charge >= 0.3 is 0 Å². The Labute approximate surface area is 137 Å². The predicted octanol–water partition coefficient (Wildman–Crippen LogP) is 3.14. The fourth-order valence-electron chi connectivity index (χ4n) is 4.07. The molecule has 1 saturated heterocycles. The minimum Gasteiger partial charge on any atom is -0.327 e. The first kappa shape index (κ1) is 17.2. The molecule has 1 aliphatic heterocycles. The standard InChI is InChI=1S/C16H23N3O2.ClH/c1-11(13-6-2-3-8-16(13)19(20)21)18-9-12-5-4-7-15(17)14(12)10-18;/h2-3,6,8,11-12,14-15H,4-5,7,9-10,17H2,1H3;1H. The molecular formula is C16H24ClN3O2. The SMILES string of the molecule is CC(c1ccccc1[N+](=O)[O-])N1CC2CCCC(N)C2C1.Cl. The molecule has 4 unspecified atom stereocenters. The van der Waals surface area contributed by atoms with Crippen LogP contribution in [0.15, 0.2) is 24.3 Å². The summed E-state index contributed by atoms with van der Waals surface area (Å²) in [6, 6.07) is 7.46. The van der Waals surface area contributed by atoms with E-state index in [-0.39, 0.29) is 29.1 Å². The quantitative estimate of drug-likeness (QED) is 0.684. The summed E-state index contributed by atoms with van der Waals surface area (Å²) in [5.41, 5.74) is 7.30. The summed E-state index contributed by atoms with van der Waals surface area (Å²) in [6.45, 7) is 4.07. The molecule has 2 aliphatic rings. The van der Waals surface area contributed by atoms with Crippen LogP contribution in [0.3, 0.4) is 0 Å². The lowest BCUT2D eigenvalue weighted by atomic mass is 9.78. The lowest BCUT2D eigenvalue weighted by Gasteiger charge is -2.30. The highest BCUT2D eigenvalue weighted by atomic mass is 35.5. The maximum absolute atomic E-state index is 11.2. The van der Waals surface area contributed by atoms with Crippen molar-refractivity contribution in [1.29, 1.82) is 0 Å². The van der Waals surface area contributed by atoms with Gasteiger partial charge in [-0.3, -0.25) is 15.0 Å². The van der Waals surface area contributed by atoms with Gasteiger partial charge in [-0.25, -0.2) is 0 Å². The smallest absolute Gasteiger partial charge is 0.274 e. The Morgan fingerprint density at radius 1 is 1.32 bits per heavy atom. The number of likely N-dealkylation sites (tertiary alicyclic amines) is 1. The van der Waals surface area contributed by atoms with Crippen molar-refractivity contribution in [1.82, 2.24) is 4.90 Å². The molecule has 3 rings (SSSR count). The molecule has 0 spiro atoms. The Morgan fingerprint density at radius 2 is 2.05 bits per heavy atom. The number of nitrogens with two attached hydrogens (primary N) is 1. The Morgan fingerprint density at radius 3 is 2.73 bits per heavy atom. The average Bonchev–Trinajstić information content (AvgIpc) is 2.92. The van der Waals surface area contributed by atoms with Crippen LogP contribution < -0.4 is 5.73 Å². The summed E-state index contributed by atoms with van der Waals surface area (Å²) in [5.74, 6) is 1.22. The van der Waals surface area contributed by atoms with Gasteiger partial charge in [-0.2, -0.15) is 0 Å². The number of halogens is 1. The molecule has 0 radical (unpaired) electrons. The van der Waals surface area contributed by atoms with Gasteiger partial charge in [0.2, 0.25) is 0 Å². The summed E-state index contributed by atoms with van der Waals surface area (Å²) in [7, 11) is 0. The van der Waals surface area contributed by atoms with Crippen molar-refractivity contribution in [3.05, 3.63) is 39.9 Å². The molecule has 122 valence electrons. The van der Waals surface area contributed by atoms with Crippen molar-refractivity contribution in [2.45, 2.75) is 38.3 Å². The molecule has 0 amide bonds. The highest BCUT2D eigenvalue weighted by Gasteiger charge is 2.40. The molecule has 22 heavy (non-hydrogen) atoms. The maximum atomic E-state index is 11.2. The number of nitro groups is 1. The number of nitro benzene ring substituents is 1. The molecular weight excluding hydrogens is 302 g/mol. The van der Waals surface area contributed by atoms with E-state index < -0.39 is 0 Å². The molecule has 1 aliphatic carbocycles. The third-order valence-electron chi connectivity index (χ3n) is 5.31. The molecule has 1 heterocycles. The number of rotatable bonds is 3. The van der Waals surface area contributed by atoms with Gasteiger partial charge in [-0.1, -0.05) is 24.6 Å². The molecule has 2 N–H and O–H groups in total. The van der Waals surface area contributed by atoms with Crippen LogP contribution in [0.5, 0.6) is 0 Å². The lowest BCUT2D eigenvalue weighted by molar-refractivity contribution is -0.386. The summed E-state index contributed by atoms with van der Waals surface area (Å²) >= 11 is 0. The molecule has 4 atom stereocenters. The molecule has 6 heteroatoms.